The number of rotatable bonds is 2. The third-order valence-corrected chi connectivity index (χ3v) is 2.13. The molecule has 0 fully saturated rings. The summed E-state index contributed by atoms with van der Waals surface area (Å²) in [6, 6.07) is 0. The Morgan fingerprint density at radius 2 is 1.20 bits per heavy atom. The molecule has 0 heterocycles. The van der Waals surface area contributed by atoms with Crippen molar-refractivity contribution in [3.63, 3.8) is 0 Å². The average molecular weight is 260 g/mol. The van der Waals surface area contributed by atoms with Gasteiger partial charge in [0.25, 0.3) is 0 Å². The molecule has 0 amide bonds. The summed E-state index contributed by atoms with van der Waals surface area (Å²) >= 11 is 0. The number of allylic oxidation sites excluding steroid dienone is 2. The fraction of sp³-hybridized carbons (Fsp3) is 0.400. The van der Waals surface area contributed by atoms with Gasteiger partial charge in [-0.3, -0.25) is 0 Å². The summed E-state index contributed by atoms with van der Waals surface area (Å²) in [5.74, 6) is -2.02. The molecule has 0 aliphatic heterocycles. The van der Waals surface area contributed by atoms with Crippen LogP contribution in [0.2, 0.25) is 0 Å². The largest absolute Gasteiger partial charge is 2.00 e. The molecule has 0 atom stereocenters. The van der Waals surface area contributed by atoms with Crippen LogP contribution in [-0.4, -0.2) is 11.9 Å². The van der Waals surface area contributed by atoms with Gasteiger partial charge in [0, 0.05) is 0 Å². The molecule has 5 heteroatoms. The standard InChI is InChI=1S/2C5H6O2.Zn/c2*6-5(7)4-2-1-3-4;/h2*2H,1,3H2,(H,6,7);/q;;+2/p-2. The fourth-order valence-corrected chi connectivity index (χ4v) is 0.948. The molecule has 0 saturated heterocycles. The zero-order valence-corrected chi connectivity index (χ0v) is 11.3. The molecule has 0 unspecified atom stereocenters. The van der Waals surface area contributed by atoms with Crippen molar-refractivity contribution in [3.8, 4) is 0 Å². The van der Waals surface area contributed by atoms with Gasteiger partial charge in [-0.1, -0.05) is 12.2 Å². The quantitative estimate of drug-likeness (QED) is 0.590. The molecule has 0 aromatic heterocycles. The van der Waals surface area contributed by atoms with Gasteiger partial charge in [0.05, 0.1) is 11.9 Å². The van der Waals surface area contributed by atoms with E-state index in [-0.39, 0.29) is 19.5 Å². The molecule has 0 N–H and O–H groups in total. The summed E-state index contributed by atoms with van der Waals surface area (Å²) < 4.78 is 0. The van der Waals surface area contributed by atoms with Gasteiger partial charge in [0.1, 0.15) is 0 Å². The van der Waals surface area contributed by atoms with Crippen LogP contribution < -0.4 is 10.2 Å². The van der Waals surface area contributed by atoms with Crippen LogP contribution in [0.25, 0.3) is 0 Å². The zero-order valence-electron chi connectivity index (χ0n) is 8.32. The van der Waals surface area contributed by atoms with E-state index in [4.69, 9.17) is 0 Å². The van der Waals surface area contributed by atoms with Gasteiger partial charge >= 0.3 is 19.5 Å². The summed E-state index contributed by atoms with van der Waals surface area (Å²) in [4.78, 5) is 19.6. The summed E-state index contributed by atoms with van der Waals surface area (Å²) in [5, 5.41) is 19.6. The number of carbonyl (C=O) groups is 2. The van der Waals surface area contributed by atoms with Gasteiger partial charge in [0.15, 0.2) is 0 Å². The summed E-state index contributed by atoms with van der Waals surface area (Å²) in [6.07, 6.45) is 6.56. The SMILES string of the molecule is O=C([O-])C1=CCC1.O=C([O-])C1=CCC1.[Zn+2]. The second-order valence-electron chi connectivity index (χ2n) is 3.11. The molecule has 2 aliphatic carbocycles. The number of hydrogen-bond donors (Lipinski definition) is 0. The average Bonchev–Trinajstić information content (AvgIpc) is 1.74. The van der Waals surface area contributed by atoms with Crippen molar-refractivity contribution in [3.05, 3.63) is 23.3 Å². The van der Waals surface area contributed by atoms with Gasteiger partial charge in [0.2, 0.25) is 0 Å². The number of carbonyl (C=O) groups excluding carboxylic acids is 2. The minimum atomic E-state index is -1.01. The van der Waals surface area contributed by atoms with E-state index in [1.807, 2.05) is 0 Å². The van der Waals surface area contributed by atoms with Gasteiger partial charge in [-0.25, -0.2) is 0 Å². The Labute approximate surface area is 100 Å². The van der Waals surface area contributed by atoms with Gasteiger partial charge < -0.3 is 19.8 Å². The molecule has 0 saturated carbocycles. The van der Waals surface area contributed by atoms with Crippen molar-refractivity contribution in [2.75, 3.05) is 0 Å². The predicted molar refractivity (Wildman–Crippen MR) is 44.6 cm³/mol. The second-order valence-corrected chi connectivity index (χ2v) is 3.11. The topological polar surface area (TPSA) is 80.3 Å². The molecule has 15 heavy (non-hydrogen) atoms. The molecule has 2 aliphatic rings. The smallest absolute Gasteiger partial charge is 0.545 e. The van der Waals surface area contributed by atoms with Crippen LogP contribution in [-0.2, 0) is 29.1 Å². The zero-order chi connectivity index (χ0) is 10.6. The number of aliphatic carboxylic acids is 2. The first-order chi connectivity index (χ1) is 6.61. The summed E-state index contributed by atoms with van der Waals surface area (Å²) in [6.45, 7) is 0. The van der Waals surface area contributed by atoms with Crippen LogP contribution in [0.4, 0.5) is 0 Å². The Bertz CT molecular complexity index is 285. The maximum Gasteiger partial charge on any atom is 2.00 e. The van der Waals surface area contributed by atoms with E-state index in [1.54, 1.807) is 12.2 Å². The minimum absolute atomic E-state index is 0. The first-order valence-corrected chi connectivity index (χ1v) is 4.42. The van der Waals surface area contributed by atoms with E-state index >= 15 is 0 Å². The van der Waals surface area contributed by atoms with Crippen molar-refractivity contribution in [1.29, 1.82) is 0 Å². The third kappa shape index (κ3) is 4.39. The molecular weight excluding hydrogens is 249 g/mol. The van der Waals surface area contributed by atoms with E-state index in [0.29, 0.717) is 24.0 Å². The van der Waals surface area contributed by atoms with E-state index in [1.165, 1.54) is 0 Å². The number of carboxylic acid groups (broad SMARTS) is 2. The molecular formula is C10H10O4Zn. The van der Waals surface area contributed by atoms with E-state index in [9.17, 15) is 19.8 Å². The van der Waals surface area contributed by atoms with Crippen LogP contribution in [0.5, 0.6) is 0 Å². The molecule has 4 nitrogen and oxygen atoms in total. The summed E-state index contributed by atoms with van der Waals surface area (Å²) in [7, 11) is 0. The second kappa shape index (κ2) is 6.51. The molecule has 0 bridgehead atoms. The molecule has 0 aromatic rings. The molecule has 0 radical (unpaired) electrons. The normalized spacial score (nSPS) is 16.3. The van der Waals surface area contributed by atoms with Crippen molar-refractivity contribution in [2.45, 2.75) is 25.7 Å². The maximum absolute atomic E-state index is 9.80. The first kappa shape index (κ1) is 14.0. The Morgan fingerprint density at radius 1 is 0.933 bits per heavy atom. The maximum atomic E-state index is 9.80. The van der Waals surface area contributed by atoms with Crippen LogP contribution >= 0.6 is 0 Å². The fourth-order valence-electron chi connectivity index (χ4n) is 0.948. The van der Waals surface area contributed by atoms with Gasteiger partial charge in [-0.2, -0.15) is 0 Å². The van der Waals surface area contributed by atoms with E-state index in [2.05, 4.69) is 0 Å². The van der Waals surface area contributed by atoms with Crippen LogP contribution in [0.15, 0.2) is 23.3 Å². The molecule has 0 aromatic carbocycles. The summed E-state index contributed by atoms with van der Waals surface area (Å²) in [5.41, 5.74) is 0.917. The van der Waals surface area contributed by atoms with Crippen molar-refractivity contribution < 1.29 is 39.3 Å². The van der Waals surface area contributed by atoms with Crippen LogP contribution in [0.1, 0.15) is 25.7 Å². The van der Waals surface area contributed by atoms with Crippen molar-refractivity contribution in [2.24, 2.45) is 0 Å². The van der Waals surface area contributed by atoms with E-state index in [0.717, 1.165) is 12.8 Å². The van der Waals surface area contributed by atoms with E-state index < -0.39 is 11.9 Å². The molecule has 0 spiro atoms. The van der Waals surface area contributed by atoms with Gasteiger partial charge in [-0.15, -0.1) is 0 Å². The van der Waals surface area contributed by atoms with Crippen molar-refractivity contribution in [1.82, 2.24) is 0 Å². The number of hydrogen-bond acceptors (Lipinski definition) is 4. The van der Waals surface area contributed by atoms with Crippen LogP contribution in [0, 0.1) is 0 Å². The predicted octanol–water partition coefficient (Wildman–Crippen LogP) is -1.09. The Kier molecular flexibility index (Phi) is 6.10. The monoisotopic (exact) mass is 258 g/mol. The Morgan fingerprint density at radius 3 is 1.20 bits per heavy atom. The minimum Gasteiger partial charge on any atom is -0.545 e. The Hall–Kier alpha value is -0.957. The van der Waals surface area contributed by atoms with Crippen molar-refractivity contribution >= 4 is 11.9 Å². The molecule has 76 valence electrons. The van der Waals surface area contributed by atoms with Crippen LogP contribution in [0.3, 0.4) is 0 Å². The third-order valence-electron chi connectivity index (χ3n) is 2.13. The number of carboxylic acids is 2. The van der Waals surface area contributed by atoms with Gasteiger partial charge in [-0.05, 0) is 36.8 Å². The first-order valence-electron chi connectivity index (χ1n) is 4.42. The Balaban J connectivity index is 0.000000245. The molecule has 2 rings (SSSR count).